The minimum Gasteiger partial charge on any atom is -0.497 e. The maximum Gasteiger partial charge on any atom is 0.337 e. The number of rotatable bonds is 6. The molecule has 3 rings (SSSR count). The molecule has 0 spiro atoms. The molecule has 0 heterocycles. The van der Waals surface area contributed by atoms with Crippen molar-refractivity contribution >= 4 is 17.5 Å². The molecule has 0 radical (unpaired) electrons. The number of methoxy groups -OCH3 is 3. The first-order valence-electron chi connectivity index (χ1n) is 9.57. The monoisotopic (exact) mass is 428 g/mol. The normalized spacial score (nSPS) is 9.84. The average molecular weight is 428 g/mol. The Hall–Kier alpha value is -4.37. The van der Waals surface area contributed by atoms with Gasteiger partial charge in [-0.15, -0.1) is 0 Å². The van der Waals surface area contributed by atoms with Gasteiger partial charge in [-0.25, -0.2) is 4.79 Å². The van der Waals surface area contributed by atoms with Crippen LogP contribution in [0.1, 0.15) is 42.2 Å². The van der Waals surface area contributed by atoms with E-state index in [1.807, 2.05) is 0 Å². The summed E-state index contributed by atoms with van der Waals surface area (Å²) in [5, 5.41) is 0. The third-order valence-electron chi connectivity index (χ3n) is 4.60. The predicted octanol–water partition coefficient (Wildman–Crippen LogP) is 3.96. The van der Waals surface area contributed by atoms with E-state index < -0.39 is 17.5 Å². The van der Waals surface area contributed by atoms with E-state index in [2.05, 4.69) is 16.6 Å². The van der Waals surface area contributed by atoms with Crippen molar-refractivity contribution in [3.05, 3.63) is 94.5 Å². The van der Waals surface area contributed by atoms with Gasteiger partial charge in [0.2, 0.25) is 11.6 Å². The summed E-state index contributed by atoms with van der Waals surface area (Å²) in [6.07, 6.45) is 0. The van der Waals surface area contributed by atoms with Gasteiger partial charge >= 0.3 is 5.97 Å². The molecule has 0 aliphatic carbocycles. The Morgan fingerprint density at radius 1 is 0.625 bits per heavy atom. The van der Waals surface area contributed by atoms with Crippen molar-refractivity contribution in [3.63, 3.8) is 0 Å². The maximum absolute atomic E-state index is 12.8. The first-order valence-corrected chi connectivity index (χ1v) is 9.57. The second-order valence-corrected chi connectivity index (χ2v) is 6.66. The highest BCUT2D eigenvalue weighted by Gasteiger charge is 2.20. The van der Waals surface area contributed by atoms with Crippen molar-refractivity contribution in [1.29, 1.82) is 0 Å². The molecule has 32 heavy (non-hydrogen) atoms. The molecule has 0 amide bonds. The summed E-state index contributed by atoms with van der Waals surface area (Å²) in [5.41, 5.74) is 2.09. The zero-order chi connectivity index (χ0) is 23.1. The van der Waals surface area contributed by atoms with Crippen LogP contribution in [0, 0.1) is 11.8 Å². The molecular weight excluding hydrogens is 408 g/mol. The number of ether oxygens (including phenoxy) is 3. The Morgan fingerprint density at radius 2 is 1.22 bits per heavy atom. The zero-order valence-electron chi connectivity index (χ0n) is 17.8. The third kappa shape index (κ3) is 5.21. The van der Waals surface area contributed by atoms with Crippen LogP contribution in [0.25, 0.3) is 0 Å². The smallest absolute Gasteiger partial charge is 0.337 e. The van der Waals surface area contributed by atoms with Crippen LogP contribution in [-0.4, -0.2) is 38.9 Å². The van der Waals surface area contributed by atoms with Crippen molar-refractivity contribution in [3.8, 4) is 23.3 Å². The fourth-order valence-corrected chi connectivity index (χ4v) is 2.89. The van der Waals surface area contributed by atoms with Crippen LogP contribution in [0.2, 0.25) is 0 Å². The number of carbonyl (C=O) groups excluding carboxylic acids is 3. The van der Waals surface area contributed by atoms with Gasteiger partial charge in [0.25, 0.3) is 0 Å². The standard InChI is InChI=1S/C26H20O6/c1-30-22-14-21(15-23(16-22)31-2)25(28)24(27)20-6-4-5-18(13-20)8-7-17-9-11-19(12-10-17)26(29)32-3/h4-6,9-16H,1-3H3. The van der Waals surface area contributed by atoms with E-state index >= 15 is 0 Å². The van der Waals surface area contributed by atoms with Crippen LogP contribution in [0.15, 0.2) is 66.7 Å². The second kappa shape index (κ2) is 10.1. The van der Waals surface area contributed by atoms with Gasteiger partial charge in [0.1, 0.15) is 11.5 Å². The summed E-state index contributed by atoms with van der Waals surface area (Å²) in [6.45, 7) is 0. The van der Waals surface area contributed by atoms with Crippen molar-refractivity contribution in [2.75, 3.05) is 21.3 Å². The minimum atomic E-state index is -0.675. The molecule has 0 bridgehead atoms. The van der Waals surface area contributed by atoms with E-state index in [0.717, 1.165) is 0 Å². The lowest BCUT2D eigenvalue weighted by Gasteiger charge is -2.07. The van der Waals surface area contributed by atoms with Crippen molar-refractivity contribution < 1.29 is 28.6 Å². The van der Waals surface area contributed by atoms with Crippen molar-refractivity contribution in [2.45, 2.75) is 0 Å². The van der Waals surface area contributed by atoms with Gasteiger partial charge < -0.3 is 14.2 Å². The maximum atomic E-state index is 12.8. The molecule has 3 aromatic rings. The Kier molecular flexibility index (Phi) is 7.04. The molecule has 3 aromatic carbocycles. The molecule has 0 unspecified atom stereocenters. The fraction of sp³-hybridized carbons (Fsp3) is 0.115. The van der Waals surface area contributed by atoms with Gasteiger partial charge in [-0.3, -0.25) is 9.59 Å². The number of Topliss-reactive ketones (excluding diaryl/α,β-unsaturated/α-hetero) is 2. The lowest BCUT2D eigenvalue weighted by molar-refractivity contribution is 0.0600. The van der Waals surface area contributed by atoms with Gasteiger partial charge in [-0.1, -0.05) is 24.0 Å². The number of hydrogen-bond acceptors (Lipinski definition) is 6. The average Bonchev–Trinajstić information content (AvgIpc) is 2.86. The molecule has 6 heteroatoms. The molecular formula is C26H20O6. The van der Waals surface area contributed by atoms with Gasteiger partial charge in [0, 0.05) is 28.3 Å². The fourth-order valence-electron chi connectivity index (χ4n) is 2.89. The number of esters is 1. The third-order valence-corrected chi connectivity index (χ3v) is 4.60. The van der Waals surface area contributed by atoms with Crippen LogP contribution in [-0.2, 0) is 4.74 Å². The summed E-state index contributed by atoms with van der Waals surface area (Å²) in [6, 6.07) is 17.8. The van der Waals surface area contributed by atoms with Gasteiger partial charge in [0.15, 0.2) is 0 Å². The topological polar surface area (TPSA) is 78.9 Å². The number of carbonyl (C=O) groups is 3. The SMILES string of the molecule is COC(=O)c1ccc(C#Cc2cccc(C(=O)C(=O)c3cc(OC)cc(OC)c3)c2)cc1. The molecule has 0 N–H and O–H groups in total. The first-order chi connectivity index (χ1) is 15.4. The lowest BCUT2D eigenvalue weighted by atomic mass is 9.99. The summed E-state index contributed by atoms with van der Waals surface area (Å²) in [4.78, 5) is 37.0. The zero-order valence-corrected chi connectivity index (χ0v) is 17.8. The minimum absolute atomic E-state index is 0.174. The summed E-state index contributed by atoms with van der Waals surface area (Å²) in [5.74, 6) is 5.01. The van der Waals surface area contributed by atoms with Crippen LogP contribution in [0.3, 0.4) is 0 Å². The number of hydrogen-bond donors (Lipinski definition) is 0. The highest BCUT2D eigenvalue weighted by molar-refractivity contribution is 6.49. The van der Waals surface area contributed by atoms with E-state index in [0.29, 0.717) is 28.2 Å². The molecule has 6 nitrogen and oxygen atoms in total. The van der Waals surface area contributed by atoms with Gasteiger partial charge in [0.05, 0.1) is 26.9 Å². The van der Waals surface area contributed by atoms with E-state index in [1.54, 1.807) is 54.6 Å². The molecule has 0 saturated carbocycles. The molecule has 0 aliphatic rings. The van der Waals surface area contributed by atoms with Crippen LogP contribution in [0.5, 0.6) is 11.5 Å². The van der Waals surface area contributed by atoms with Crippen molar-refractivity contribution in [2.24, 2.45) is 0 Å². The highest BCUT2D eigenvalue weighted by Crippen LogP contribution is 2.23. The Morgan fingerprint density at radius 3 is 1.81 bits per heavy atom. The number of ketones is 2. The van der Waals surface area contributed by atoms with Gasteiger partial charge in [-0.2, -0.15) is 0 Å². The quantitative estimate of drug-likeness (QED) is 0.256. The molecule has 0 aliphatic heterocycles. The molecule has 0 fully saturated rings. The first kappa shape index (κ1) is 22.3. The van der Waals surface area contributed by atoms with E-state index in [4.69, 9.17) is 9.47 Å². The Balaban J connectivity index is 1.82. The van der Waals surface area contributed by atoms with Gasteiger partial charge in [-0.05, 0) is 48.5 Å². The van der Waals surface area contributed by atoms with Crippen LogP contribution >= 0.6 is 0 Å². The highest BCUT2D eigenvalue weighted by atomic mass is 16.5. The van der Waals surface area contributed by atoms with Crippen molar-refractivity contribution in [1.82, 2.24) is 0 Å². The predicted molar refractivity (Wildman–Crippen MR) is 118 cm³/mol. The second-order valence-electron chi connectivity index (χ2n) is 6.66. The molecule has 160 valence electrons. The summed E-state index contributed by atoms with van der Waals surface area (Å²) in [7, 11) is 4.26. The van der Waals surface area contributed by atoms with Crippen LogP contribution in [0.4, 0.5) is 0 Å². The van der Waals surface area contributed by atoms with Crippen LogP contribution < -0.4 is 9.47 Å². The largest absolute Gasteiger partial charge is 0.497 e. The molecule has 0 aromatic heterocycles. The molecule has 0 saturated heterocycles. The lowest BCUT2D eigenvalue weighted by Crippen LogP contribution is -2.15. The van der Waals surface area contributed by atoms with E-state index in [9.17, 15) is 14.4 Å². The van der Waals surface area contributed by atoms with E-state index in [1.165, 1.54) is 33.5 Å². The Labute approximate surface area is 185 Å². The summed E-state index contributed by atoms with van der Waals surface area (Å²) < 4.78 is 15.0. The van der Waals surface area contributed by atoms with E-state index in [-0.39, 0.29) is 11.1 Å². The molecule has 0 atom stereocenters. The Bertz CT molecular complexity index is 1210. The summed E-state index contributed by atoms with van der Waals surface area (Å²) >= 11 is 0. The number of benzene rings is 3.